The molecule has 0 radical (unpaired) electrons. The van der Waals surface area contributed by atoms with E-state index in [4.69, 9.17) is 0 Å². The number of rotatable bonds is 3. The summed E-state index contributed by atoms with van der Waals surface area (Å²) < 4.78 is 0. The number of amides is 2. The first kappa shape index (κ1) is 15.7. The molecular formula is C15H20N2O3S. The smallest absolute Gasteiger partial charge is 0.327 e. The fraction of sp³-hybridized carbons (Fsp3) is 0.467. The molecule has 5 nitrogen and oxygen atoms in total. The molecule has 1 heterocycles. The number of nitrogens with zero attached hydrogens (tertiary/aromatic N) is 1. The van der Waals surface area contributed by atoms with Crippen molar-refractivity contribution in [1.29, 1.82) is 0 Å². The number of nitrogens with one attached hydrogen (secondary N) is 1. The molecule has 2 unspecified atom stereocenters. The first-order valence-electron chi connectivity index (χ1n) is 6.95. The fourth-order valence-electron chi connectivity index (χ4n) is 2.41. The summed E-state index contributed by atoms with van der Waals surface area (Å²) in [6.45, 7) is 5.88. The third kappa shape index (κ3) is 3.15. The molecule has 0 saturated carbocycles. The van der Waals surface area contributed by atoms with Gasteiger partial charge in [-0.15, -0.1) is 11.8 Å². The Bertz CT molecular complexity index is 562. The number of benzene rings is 1. The maximum Gasteiger partial charge on any atom is 0.327 e. The zero-order valence-electron chi connectivity index (χ0n) is 12.4. The van der Waals surface area contributed by atoms with Gasteiger partial charge in [-0.3, -0.25) is 4.90 Å². The molecule has 0 aromatic heterocycles. The van der Waals surface area contributed by atoms with Crippen molar-refractivity contribution in [3.63, 3.8) is 0 Å². The quantitative estimate of drug-likeness (QED) is 0.900. The van der Waals surface area contributed by atoms with Crippen LogP contribution in [0.4, 0.5) is 10.5 Å². The van der Waals surface area contributed by atoms with Crippen molar-refractivity contribution in [2.45, 2.75) is 38.6 Å². The lowest BCUT2D eigenvalue weighted by atomic mass is 10.1. The van der Waals surface area contributed by atoms with Crippen molar-refractivity contribution >= 4 is 29.4 Å². The maximum absolute atomic E-state index is 12.5. The second kappa shape index (κ2) is 6.39. The minimum Gasteiger partial charge on any atom is -0.480 e. The Morgan fingerprint density at radius 2 is 2.14 bits per heavy atom. The van der Waals surface area contributed by atoms with Gasteiger partial charge in [-0.1, -0.05) is 19.1 Å². The largest absolute Gasteiger partial charge is 0.480 e. The molecular weight excluding hydrogens is 288 g/mol. The van der Waals surface area contributed by atoms with Crippen molar-refractivity contribution in [2.75, 3.05) is 11.1 Å². The molecule has 0 bridgehead atoms. The molecule has 1 aromatic rings. The van der Waals surface area contributed by atoms with Crippen molar-refractivity contribution < 1.29 is 14.7 Å². The Hall–Kier alpha value is -1.69. The highest BCUT2D eigenvalue weighted by Gasteiger charge is 2.40. The van der Waals surface area contributed by atoms with Crippen LogP contribution in [0, 0.1) is 13.8 Å². The number of hydrogen-bond donors (Lipinski definition) is 2. The van der Waals surface area contributed by atoms with Gasteiger partial charge in [-0.25, -0.2) is 9.59 Å². The Kier molecular flexibility index (Phi) is 4.77. The molecule has 1 aromatic carbocycles. The number of aryl methyl sites for hydroxylation is 1. The van der Waals surface area contributed by atoms with Gasteiger partial charge in [0.1, 0.15) is 6.04 Å². The van der Waals surface area contributed by atoms with Gasteiger partial charge in [0.15, 0.2) is 0 Å². The summed E-state index contributed by atoms with van der Waals surface area (Å²) in [5, 5.41) is 12.0. The molecule has 1 aliphatic heterocycles. The number of carbonyl (C=O) groups excluding carboxylic acids is 1. The second-order valence-corrected chi connectivity index (χ2v) is 6.35. The summed E-state index contributed by atoms with van der Waals surface area (Å²) >= 11 is 1.52. The lowest BCUT2D eigenvalue weighted by molar-refractivity contribution is -0.141. The van der Waals surface area contributed by atoms with E-state index in [0.29, 0.717) is 5.75 Å². The topological polar surface area (TPSA) is 69.6 Å². The number of urea groups is 1. The molecule has 0 aliphatic carbocycles. The average Bonchev–Trinajstić information content (AvgIpc) is 2.88. The van der Waals surface area contributed by atoms with Gasteiger partial charge in [0.05, 0.1) is 5.37 Å². The van der Waals surface area contributed by atoms with Gasteiger partial charge < -0.3 is 10.4 Å². The van der Waals surface area contributed by atoms with E-state index in [1.807, 2.05) is 39.0 Å². The lowest BCUT2D eigenvalue weighted by Crippen LogP contribution is -2.47. The number of anilines is 1. The zero-order chi connectivity index (χ0) is 15.6. The van der Waals surface area contributed by atoms with Crippen molar-refractivity contribution in [3.8, 4) is 0 Å². The number of thioether (sulfide) groups is 1. The number of aliphatic carboxylic acids is 1. The monoisotopic (exact) mass is 308 g/mol. The highest BCUT2D eigenvalue weighted by Crippen LogP contribution is 2.32. The van der Waals surface area contributed by atoms with E-state index >= 15 is 0 Å². The minimum atomic E-state index is -0.949. The molecule has 1 aliphatic rings. The van der Waals surface area contributed by atoms with Crippen LogP contribution in [0.2, 0.25) is 0 Å². The number of hydrogen-bond acceptors (Lipinski definition) is 3. The Morgan fingerprint density at radius 1 is 1.43 bits per heavy atom. The first-order valence-corrected chi connectivity index (χ1v) is 8.00. The average molecular weight is 308 g/mol. The highest BCUT2D eigenvalue weighted by atomic mass is 32.2. The summed E-state index contributed by atoms with van der Waals surface area (Å²) in [7, 11) is 0. The Labute approximate surface area is 128 Å². The van der Waals surface area contributed by atoms with Crippen LogP contribution in [0.15, 0.2) is 18.2 Å². The molecule has 2 rings (SSSR count). The Morgan fingerprint density at radius 3 is 2.76 bits per heavy atom. The minimum absolute atomic E-state index is 0.0868. The van der Waals surface area contributed by atoms with Crippen LogP contribution in [0.1, 0.15) is 24.5 Å². The van der Waals surface area contributed by atoms with Crippen LogP contribution in [0.25, 0.3) is 0 Å². The van der Waals surface area contributed by atoms with E-state index in [1.54, 1.807) is 0 Å². The van der Waals surface area contributed by atoms with E-state index in [9.17, 15) is 14.7 Å². The maximum atomic E-state index is 12.5. The van der Waals surface area contributed by atoms with Crippen molar-refractivity contribution in [3.05, 3.63) is 29.3 Å². The van der Waals surface area contributed by atoms with Crippen LogP contribution >= 0.6 is 11.8 Å². The summed E-state index contributed by atoms with van der Waals surface area (Å²) in [6.07, 6.45) is 0.731. The summed E-state index contributed by atoms with van der Waals surface area (Å²) in [4.78, 5) is 25.3. The lowest BCUT2D eigenvalue weighted by Gasteiger charge is -2.27. The van der Waals surface area contributed by atoms with Gasteiger partial charge in [-0.05, 0) is 37.5 Å². The molecule has 2 amide bonds. The summed E-state index contributed by atoms with van der Waals surface area (Å²) in [5.74, 6) is -0.511. The SMILES string of the molecule is CCC1SCC(C(=O)O)N1C(=O)Nc1cccc(C)c1C. The van der Waals surface area contributed by atoms with E-state index in [2.05, 4.69) is 5.32 Å². The molecule has 0 spiro atoms. The van der Waals surface area contributed by atoms with Crippen LogP contribution in [0.3, 0.4) is 0 Å². The zero-order valence-corrected chi connectivity index (χ0v) is 13.2. The predicted octanol–water partition coefficient (Wildman–Crippen LogP) is 3.07. The van der Waals surface area contributed by atoms with Crippen LogP contribution in [0.5, 0.6) is 0 Å². The third-order valence-electron chi connectivity index (χ3n) is 3.81. The van der Waals surface area contributed by atoms with Gasteiger partial charge in [0.25, 0.3) is 0 Å². The molecule has 1 fully saturated rings. The van der Waals surface area contributed by atoms with Crippen molar-refractivity contribution in [1.82, 2.24) is 4.90 Å². The van der Waals surface area contributed by atoms with Gasteiger partial charge >= 0.3 is 12.0 Å². The molecule has 21 heavy (non-hydrogen) atoms. The van der Waals surface area contributed by atoms with Crippen LogP contribution < -0.4 is 5.32 Å². The molecule has 2 N–H and O–H groups in total. The summed E-state index contributed by atoms with van der Waals surface area (Å²) in [6, 6.07) is 4.59. The van der Waals surface area contributed by atoms with Gasteiger partial charge in [0, 0.05) is 11.4 Å². The molecule has 114 valence electrons. The standard InChI is InChI=1S/C15H20N2O3S/c1-4-13-17(12(8-21-13)14(18)19)15(20)16-11-7-5-6-9(2)10(11)3/h5-7,12-13H,4,8H2,1-3H3,(H,16,20)(H,18,19). The Balaban J connectivity index is 2.21. The normalized spacial score (nSPS) is 21.4. The van der Waals surface area contributed by atoms with E-state index in [1.165, 1.54) is 16.7 Å². The fourth-order valence-corrected chi connectivity index (χ4v) is 3.75. The second-order valence-electron chi connectivity index (χ2n) is 5.14. The number of carbonyl (C=O) groups is 2. The van der Waals surface area contributed by atoms with Crippen LogP contribution in [-0.2, 0) is 4.79 Å². The first-order chi connectivity index (χ1) is 9.95. The summed E-state index contributed by atoms with van der Waals surface area (Å²) in [5.41, 5.74) is 2.82. The van der Waals surface area contributed by atoms with Gasteiger partial charge in [-0.2, -0.15) is 0 Å². The molecule has 2 atom stereocenters. The number of carboxylic acids is 1. The van der Waals surface area contributed by atoms with E-state index < -0.39 is 12.0 Å². The number of carboxylic acid groups (broad SMARTS) is 1. The predicted molar refractivity (Wildman–Crippen MR) is 84.7 cm³/mol. The van der Waals surface area contributed by atoms with Crippen LogP contribution in [-0.4, -0.2) is 39.2 Å². The van der Waals surface area contributed by atoms with Crippen molar-refractivity contribution in [2.24, 2.45) is 0 Å². The van der Waals surface area contributed by atoms with E-state index in [0.717, 1.165) is 23.2 Å². The van der Waals surface area contributed by atoms with E-state index in [-0.39, 0.29) is 11.4 Å². The van der Waals surface area contributed by atoms with Gasteiger partial charge in [0.2, 0.25) is 0 Å². The highest BCUT2D eigenvalue weighted by molar-refractivity contribution is 8.00. The molecule has 6 heteroatoms. The molecule has 1 saturated heterocycles. The third-order valence-corrected chi connectivity index (χ3v) is 5.26.